The van der Waals surface area contributed by atoms with E-state index in [4.69, 9.17) is 5.73 Å². The summed E-state index contributed by atoms with van der Waals surface area (Å²) in [7, 11) is 2.12. The molecule has 0 spiro atoms. The Bertz CT molecular complexity index is 299. The van der Waals surface area contributed by atoms with Crippen LogP contribution in [0.25, 0.3) is 0 Å². The monoisotopic (exact) mass is 256 g/mol. The van der Waals surface area contributed by atoms with Gasteiger partial charge in [-0.25, -0.2) is 0 Å². The van der Waals surface area contributed by atoms with Crippen molar-refractivity contribution in [2.75, 3.05) is 19.3 Å². The van der Waals surface area contributed by atoms with Gasteiger partial charge in [-0.3, -0.25) is 0 Å². The fraction of sp³-hybridized carbons (Fsp3) is 0.455. The number of nitrogens with two attached hydrogens (primary N) is 1. The minimum absolute atomic E-state index is 0.863. The number of rotatable bonds is 4. The van der Waals surface area contributed by atoms with Gasteiger partial charge in [0.1, 0.15) is 0 Å². The Morgan fingerprint density at radius 3 is 2.71 bits per heavy atom. The lowest BCUT2D eigenvalue weighted by molar-refractivity contribution is 0.328. The number of hydrogen-bond acceptors (Lipinski definition) is 2. The highest BCUT2D eigenvalue weighted by Gasteiger charge is 2.03. The highest BCUT2D eigenvalue weighted by Crippen LogP contribution is 2.19. The Morgan fingerprint density at radius 2 is 2.14 bits per heavy atom. The Balaban J connectivity index is 2.67. The van der Waals surface area contributed by atoms with Crippen LogP contribution in [0, 0.1) is 0 Å². The van der Waals surface area contributed by atoms with Crippen molar-refractivity contribution < 1.29 is 0 Å². The Kier molecular flexibility index (Phi) is 4.42. The van der Waals surface area contributed by atoms with E-state index < -0.39 is 0 Å². The first-order valence-corrected chi connectivity index (χ1v) is 5.65. The molecule has 1 aromatic carbocycles. The van der Waals surface area contributed by atoms with Crippen molar-refractivity contribution in [3.8, 4) is 0 Å². The van der Waals surface area contributed by atoms with Crippen molar-refractivity contribution >= 4 is 21.6 Å². The first-order valence-electron chi connectivity index (χ1n) is 4.86. The number of halogens is 1. The van der Waals surface area contributed by atoms with Gasteiger partial charge in [-0.2, -0.15) is 0 Å². The van der Waals surface area contributed by atoms with Crippen LogP contribution in [0.3, 0.4) is 0 Å². The van der Waals surface area contributed by atoms with Crippen molar-refractivity contribution in [3.05, 3.63) is 28.2 Å². The lowest BCUT2D eigenvalue weighted by Gasteiger charge is -2.16. The molecule has 0 heterocycles. The predicted octanol–water partition coefficient (Wildman–Crippen LogP) is 2.87. The third-order valence-corrected chi connectivity index (χ3v) is 2.65. The van der Waals surface area contributed by atoms with E-state index in [1.165, 1.54) is 12.0 Å². The molecule has 2 nitrogen and oxygen atoms in total. The molecular formula is C11H17BrN2. The molecule has 14 heavy (non-hydrogen) atoms. The number of nitrogen functional groups attached to an aromatic ring is 1. The summed E-state index contributed by atoms with van der Waals surface area (Å²) in [6, 6.07) is 6.06. The lowest BCUT2D eigenvalue weighted by atomic mass is 10.1. The number of benzene rings is 1. The van der Waals surface area contributed by atoms with Gasteiger partial charge in [0.05, 0.1) is 0 Å². The fourth-order valence-electron chi connectivity index (χ4n) is 1.46. The van der Waals surface area contributed by atoms with Gasteiger partial charge in [0.15, 0.2) is 0 Å². The molecule has 1 rings (SSSR count). The first-order chi connectivity index (χ1) is 6.63. The molecule has 0 fully saturated rings. The molecule has 2 N–H and O–H groups in total. The van der Waals surface area contributed by atoms with Crippen LogP contribution in [0.4, 0.5) is 5.69 Å². The topological polar surface area (TPSA) is 29.3 Å². The van der Waals surface area contributed by atoms with E-state index in [1.807, 2.05) is 12.1 Å². The van der Waals surface area contributed by atoms with E-state index in [0.717, 1.165) is 23.2 Å². The fourth-order valence-corrected chi connectivity index (χ4v) is 1.84. The number of nitrogens with zero attached hydrogens (tertiary/aromatic N) is 1. The number of hydrogen-bond donors (Lipinski definition) is 1. The summed E-state index contributed by atoms with van der Waals surface area (Å²) in [5, 5.41) is 0. The highest BCUT2D eigenvalue weighted by atomic mass is 79.9. The van der Waals surface area contributed by atoms with E-state index in [0.29, 0.717) is 0 Å². The zero-order chi connectivity index (χ0) is 10.6. The molecule has 78 valence electrons. The van der Waals surface area contributed by atoms with Crippen molar-refractivity contribution in [1.29, 1.82) is 0 Å². The van der Waals surface area contributed by atoms with Crippen LogP contribution in [-0.4, -0.2) is 18.5 Å². The largest absolute Gasteiger partial charge is 0.398 e. The Labute approximate surface area is 94.2 Å². The average Bonchev–Trinajstić information content (AvgIpc) is 2.10. The second-order valence-corrected chi connectivity index (χ2v) is 4.50. The van der Waals surface area contributed by atoms with Crippen LogP contribution in [0.15, 0.2) is 22.7 Å². The summed E-state index contributed by atoms with van der Waals surface area (Å²) in [6.45, 7) is 4.21. The second kappa shape index (κ2) is 5.37. The molecule has 0 bridgehead atoms. The van der Waals surface area contributed by atoms with Crippen molar-refractivity contribution in [1.82, 2.24) is 4.90 Å². The SMILES string of the molecule is CCCN(C)Cc1ccc(Br)cc1N. The molecule has 3 heteroatoms. The van der Waals surface area contributed by atoms with E-state index in [-0.39, 0.29) is 0 Å². The van der Waals surface area contributed by atoms with E-state index in [2.05, 4.69) is 40.9 Å². The van der Waals surface area contributed by atoms with Gasteiger partial charge in [-0.1, -0.05) is 28.9 Å². The van der Waals surface area contributed by atoms with Gasteiger partial charge in [0.25, 0.3) is 0 Å². The van der Waals surface area contributed by atoms with Crippen molar-refractivity contribution in [3.63, 3.8) is 0 Å². The van der Waals surface area contributed by atoms with Crippen LogP contribution in [-0.2, 0) is 6.54 Å². The van der Waals surface area contributed by atoms with Gasteiger partial charge in [-0.15, -0.1) is 0 Å². The normalized spacial score (nSPS) is 10.9. The van der Waals surface area contributed by atoms with Gasteiger partial charge in [0.2, 0.25) is 0 Å². The van der Waals surface area contributed by atoms with Crippen LogP contribution in [0.1, 0.15) is 18.9 Å². The molecule has 0 aromatic heterocycles. The standard InChI is InChI=1S/C11H17BrN2/c1-3-6-14(2)8-9-4-5-10(12)7-11(9)13/h4-5,7H,3,6,8,13H2,1-2H3. The zero-order valence-electron chi connectivity index (χ0n) is 8.76. The van der Waals surface area contributed by atoms with E-state index in [1.54, 1.807) is 0 Å². The van der Waals surface area contributed by atoms with E-state index >= 15 is 0 Å². The summed E-state index contributed by atoms with van der Waals surface area (Å²) >= 11 is 3.40. The van der Waals surface area contributed by atoms with Crippen LogP contribution in [0.5, 0.6) is 0 Å². The molecule has 0 saturated heterocycles. The molecule has 0 radical (unpaired) electrons. The third kappa shape index (κ3) is 3.31. The summed E-state index contributed by atoms with van der Waals surface area (Å²) in [5.74, 6) is 0. The molecule has 0 aliphatic rings. The summed E-state index contributed by atoms with van der Waals surface area (Å²) in [4.78, 5) is 2.28. The quantitative estimate of drug-likeness (QED) is 0.840. The van der Waals surface area contributed by atoms with Crippen LogP contribution >= 0.6 is 15.9 Å². The van der Waals surface area contributed by atoms with Gasteiger partial charge in [0, 0.05) is 16.7 Å². The zero-order valence-corrected chi connectivity index (χ0v) is 10.3. The molecule has 0 saturated carbocycles. The molecule has 0 aliphatic heterocycles. The van der Waals surface area contributed by atoms with Gasteiger partial charge in [-0.05, 0) is 37.7 Å². The maximum Gasteiger partial charge on any atom is 0.0371 e. The Morgan fingerprint density at radius 1 is 1.43 bits per heavy atom. The predicted molar refractivity (Wildman–Crippen MR) is 65.2 cm³/mol. The smallest absolute Gasteiger partial charge is 0.0371 e. The maximum absolute atomic E-state index is 5.91. The summed E-state index contributed by atoms with van der Waals surface area (Å²) in [5.41, 5.74) is 7.97. The summed E-state index contributed by atoms with van der Waals surface area (Å²) < 4.78 is 1.04. The molecule has 0 atom stereocenters. The van der Waals surface area contributed by atoms with Crippen LogP contribution in [0.2, 0.25) is 0 Å². The minimum Gasteiger partial charge on any atom is -0.398 e. The first kappa shape index (κ1) is 11.5. The molecule has 0 amide bonds. The van der Waals surface area contributed by atoms with Crippen molar-refractivity contribution in [2.45, 2.75) is 19.9 Å². The average molecular weight is 257 g/mol. The van der Waals surface area contributed by atoms with E-state index in [9.17, 15) is 0 Å². The molecule has 0 unspecified atom stereocenters. The van der Waals surface area contributed by atoms with Crippen molar-refractivity contribution in [2.24, 2.45) is 0 Å². The second-order valence-electron chi connectivity index (χ2n) is 3.58. The van der Waals surface area contributed by atoms with Crippen LogP contribution < -0.4 is 5.73 Å². The lowest BCUT2D eigenvalue weighted by Crippen LogP contribution is -2.19. The van der Waals surface area contributed by atoms with Gasteiger partial charge < -0.3 is 10.6 Å². The van der Waals surface area contributed by atoms with Gasteiger partial charge >= 0.3 is 0 Å². The molecular weight excluding hydrogens is 240 g/mol. The Hall–Kier alpha value is -0.540. The molecule has 1 aromatic rings. The number of anilines is 1. The minimum atomic E-state index is 0.863. The highest BCUT2D eigenvalue weighted by molar-refractivity contribution is 9.10. The summed E-state index contributed by atoms with van der Waals surface area (Å²) in [6.07, 6.45) is 1.17. The molecule has 0 aliphatic carbocycles. The third-order valence-electron chi connectivity index (χ3n) is 2.15. The maximum atomic E-state index is 5.91.